The van der Waals surface area contributed by atoms with Crippen molar-refractivity contribution in [3.05, 3.63) is 52.1 Å². The number of carbonyl (C=O) groups is 4. The summed E-state index contributed by atoms with van der Waals surface area (Å²) < 4.78 is 4.90. The number of nitro benzene ring substituents is 1. The van der Waals surface area contributed by atoms with Crippen molar-refractivity contribution in [3.8, 4) is 0 Å². The average molecular weight is 384 g/mol. The van der Waals surface area contributed by atoms with Crippen LogP contribution in [0.15, 0.2) is 36.4 Å². The molecule has 28 heavy (non-hydrogen) atoms. The molecule has 2 bridgehead atoms. The van der Waals surface area contributed by atoms with Gasteiger partial charge in [-0.05, 0) is 30.4 Å². The summed E-state index contributed by atoms with van der Waals surface area (Å²) in [5.41, 5.74) is -0.00230. The normalized spacial score (nSPS) is 27.2. The molecule has 2 aliphatic carbocycles. The number of amides is 2. The van der Waals surface area contributed by atoms with Gasteiger partial charge in [-0.1, -0.05) is 12.2 Å². The zero-order valence-corrected chi connectivity index (χ0v) is 14.6. The fourth-order valence-electron chi connectivity index (χ4n) is 4.29. The summed E-state index contributed by atoms with van der Waals surface area (Å²) in [6.07, 6.45) is 4.72. The Morgan fingerprint density at radius 1 is 1.07 bits per heavy atom. The van der Waals surface area contributed by atoms with E-state index in [4.69, 9.17) is 4.74 Å². The number of allylic oxidation sites excluding steroid dienone is 2. The minimum atomic E-state index is -0.850. The lowest BCUT2D eigenvalue weighted by atomic mass is 9.85. The number of ketones is 1. The van der Waals surface area contributed by atoms with Crippen LogP contribution >= 0.6 is 0 Å². The monoisotopic (exact) mass is 384 g/mol. The lowest BCUT2D eigenvalue weighted by Gasteiger charge is -2.16. The molecule has 1 saturated heterocycles. The number of nitrogens with zero attached hydrogens (tertiary/aromatic N) is 2. The maximum Gasteiger partial charge on any atom is 0.326 e. The molecule has 144 valence electrons. The van der Waals surface area contributed by atoms with Gasteiger partial charge in [-0.15, -0.1) is 0 Å². The third kappa shape index (κ3) is 2.88. The largest absolute Gasteiger partial charge is 0.456 e. The number of nitro groups is 1. The van der Waals surface area contributed by atoms with E-state index < -0.39 is 41.7 Å². The first kappa shape index (κ1) is 18.0. The molecular formula is C19H16N2O7. The summed E-state index contributed by atoms with van der Waals surface area (Å²) in [5, 5.41) is 10.6. The lowest BCUT2D eigenvalue weighted by molar-refractivity contribution is -0.384. The molecule has 4 atom stereocenters. The van der Waals surface area contributed by atoms with Crippen LogP contribution in [-0.2, 0) is 19.1 Å². The van der Waals surface area contributed by atoms with Crippen LogP contribution in [0.25, 0.3) is 0 Å². The van der Waals surface area contributed by atoms with Gasteiger partial charge in [0.05, 0.1) is 16.8 Å². The SMILES string of the molecule is O=C(CN1C(=O)[C@@H]2[C@H](C1=O)[C@H]1C=C[C@@H]2C1)OCC(=O)c1ccc([N+](=O)[O-])cc1. The summed E-state index contributed by atoms with van der Waals surface area (Å²) in [6, 6.07) is 4.90. The Hall–Kier alpha value is -3.36. The molecule has 1 aliphatic heterocycles. The summed E-state index contributed by atoms with van der Waals surface area (Å²) in [4.78, 5) is 60.1. The van der Waals surface area contributed by atoms with Crippen LogP contribution in [0.5, 0.6) is 0 Å². The van der Waals surface area contributed by atoms with Gasteiger partial charge >= 0.3 is 5.97 Å². The number of carbonyl (C=O) groups excluding carboxylic acids is 4. The van der Waals surface area contributed by atoms with Crippen LogP contribution in [-0.4, -0.2) is 46.5 Å². The van der Waals surface area contributed by atoms with Crippen molar-refractivity contribution in [1.29, 1.82) is 0 Å². The number of non-ortho nitro benzene ring substituents is 1. The molecule has 0 unspecified atom stereocenters. The quantitative estimate of drug-likeness (QED) is 0.180. The van der Waals surface area contributed by atoms with Crippen molar-refractivity contribution in [3.63, 3.8) is 0 Å². The van der Waals surface area contributed by atoms with Crippen molar-refractivity contribution in [2.45, 2.75) is 6.42 Å². The summed E-state index contributed by atoms with van der Waals surface area (Å²) in [5.74, 6) is -2.78. The number of Topliss-reactive ketones (excluding diaryl/α,β-unsaturated/α-hetero) is 1. The highest BCUT2D eigenvalue weighted by Gasteiger charge is 2.59. The van der Waals surface area contributed by atoms with E-state index in [0.29, 0.717) is 0 Å². The molecule has 9 heteroatoms. The molecule has 1 aromatic carbocycles. The van der Waals surface area contributed by atoms with Gasteiger partial charge in [0, 0.05) is 17.7 Å². The molecule has 1 saturated carbocycles. The smallest absolute Gasteiger partial charge is 0.326 e. The fraction of sp³-hybridized carbons (Fsp3) is 0.368. The highest BCUT2D eigenvalue weighted by molar-refractivity contribution is 6.08. The van der Waals surface area contributed by atoms with Gasteiger partial charge in [-0.2, -0.15) is 0 Å². The van der Waals surface area contributed by atoms with Crippen LogP contribution < -0.4 is 0 Å². The van der Waals surface area contributed by atoms with Gasteiger partial charge in [0.2, 0.25) is 11.8 Å². The number of imide groups is 1. The Labute approximate surface area is 159 Å². The maximum atomic E-state index is 12.5. The first-order valence-electron chi connectivity index (χ1n) is 8.83. The Balaban J connectivity index is 1.32. The number of likely N-dealkylation sites (tertiary alicyclic amines) is 1. The predicted octanol–water partition coefficient (Wildman–Crippen LogP) is 1.13. The number of fused-ring (bicyclic) bond motifs is 5. The summed E-state index contributed by atoms with van der Waals surface area (Å²) in [7, 11) is 0. The summed E-state index contributed by atoms with van der Waals surface area (Å²) >= 11 is 0. The zero-order valence-electron chi connectivity index (χ0n) is 14.6. The van der Waals surface area contributed by atoms with Crippen molar-refractivity contribution in [1.82, 2.24) is 4.90 Å². The number of benzene rings is 1. The van der Waals surface area contributed by atoms with Crippen molar-refractivity contribution < 1.29 is 28.8 Å². The van der Waals surface area contributed by atoms with Crippen molar-refractivity contribution >= 4 is 29.3 Å². The molecule has 1 aromatic rings. The standard InChI is InChI=1S/C19H16N2O7/c22-14(10-3-5-13(6-4-10)21(26)27)9-28-15(23)8-20-18(24)16-11-1-2-12(7-11)17(16)19(20)25/h1-6,11-12,16-17H,7-9H2/t11-,12+,16+,17-. The van der Waals surface area contributed by atoms with Gasteiger partial charge < -0.3 is 4.74 Å². The van der Waals surface area contributed by atoms with Crippen molar-refractivity contribution in [2.75, 3.05) is 13.2 Å². The van der Waals surface area contributed by atoms with Crippen LogP contribution in [0.2, 0.25) is 0 Å². The number of hydrogen-bond acceptors (Lipinski definition) is 7. The maximum absolute atomic E-state index is 12.5. The van der Waals surface area contributed by atoms with E-state index in [-0.39, 0.29) is 34.9 Å². The van der Waals surface area contributed by atoms with Gasteiger partial charge in [0.15, 0.2) is 12.4 Å². The molecule has 0 aromatic heterocycles. The van der Waals surface area contributed by atoms with Gasteiger partial charge in [0.1, 0.15) is 6.54 Å². The molecule has 0 spiro atoms. The second-order valence-corrected chi connectivity index (χ2v) is 7.15. The molecule has 2 amide bonds. The van der Waals surface area contributed by atoms with Gasteiger partial charge in [-0.3, -0.25) is 34.2 Å². The molecule has 0 N–H and O–H groups in total. The Morgan fingerprint density at radius 2 is 1.64 bits per heavy atom. The molecule has 3 aliphatic rings. The molecule has 9 nitrogen and oxygen atoms in total. The first-order chi connectivity index (χ1) is 13.4. The minimum Gasteiger partial charge on any atom is -0.456 e. The van der Waals surface area contributed by atoms with E-state index in [9.17, 15) is 29.3 Å². The second-order valence-electron chi connectivity index (χ2n) is 7.15. The van der Waals surface area contributed by atoms with Gasteiger partial charge in [-0.25, -0.2) is 0 Å². The number of ether oxygens (including phenoxy) is 1. The topological polar surface area (TPSA) is 124 Å². The van der Waals surface area contributed by atoms with Crippen LogP contribution in [0.3, 0.4) is 0 Å². The average Bonchev–Trinajstić information content (AvgIpc) is 3.36. The molecule has 1 heterocycles. The predicted molar refractivity (Wildman–Crippen MR) is 92.8 cm³/mol. The lowest BCUT2D eigenvalue weighted by Crippen LogP contribution is -2.38. The van der Waals surface area contributed by atoms with E-state index in [1.807, 2.05) is 12.2 Å². The third-order valence-corrected chi connectivity index (χ3v) is 5.61. The van der Waals surface area contributed by atoms with E-state index in [1.54, 1.807) is 0 Å². The van der Waals surface area contributed by atoms with Gasteiger partial charge in [0.25, 0.3) is 5.69 Å². The minimum absolute atomic E-state index is 0.0520. The highest BCUT2D eigenvalue weighted by atomic mass is 16.6. The Morgan fingerprint density at radius 3 is 2.18 bits per heavy atom. The number of rotatable bonds is 6. The molecular weight excluding hydrogens is 368 g/mol. The van der Waals surface area contributed by atoms with Crippen LogP contribution in [0, 0.1) is 33.8 Å². The Bertz CT molecular complexity index is 891. The van der Waals surface area contributed by atoms with Crippen molar-refractivity contribution in [2.24, 2.45) is 23.7 Å². The van der Waals surface area contributed by atoms with E-state index in [1.165, 1.54) is 24.3 Å². The molecule has 0 radical (unpaired) electrons. The van der Waals surface area contributed by atoms with E-state index in [0.717, 1.165) is 11.3 Å². The number of esters is 1. The fourth-order valence-corrected chi connectivity index (χ4v) is 4.29. The Kier molecular flexibility index (Phi) is 4.29. The third-order valence-electron chi connectivity index (χ3n) is 5.61. The second kappa shape index (κ2) is 6.66. The van der Waals surface area contributed by atoms with E-state index in [2.05, 4.69) is 0 Å². The van der Waals surface area contributed by atoms with Crippen LogP contribution in [0.1, 0.15) is 16.8 Å². The van der Waals surface area contributed by atoms with Crippen LogP contribution in [0.4, 0.5) is 5.69 Å². The molecule has 2 fully saturated rings. The number of hydrogen-bond donors (Lipinski definition) is 0. The zero-order chi connectivity index (χ0) is 20.0. The first-order valence-corrected chi connectivity index (χ1v) is 8.83. The van der Waals surface area contributed by atoms with E-state index >= 15 is 0 Å². The highest BCUT2D eigenvalue weighted by Crippen LogP contribution is 2.52. The molecule has 4 rings (SSSR count). The summed E-state index contributed by atoms with van der Waals surface area (Å²) in [6.45, 7) is -1.09.